The second-order valence-electron chi connectivity index (χ2n) is 13.3. The molecule has 5 heterocycles. The monoisotopic (exact) mass is 892 g/mol. The van der Waals surface area contributed by atoms with Gasteiger partial charge in [0, 0.05) is 12.4 Å². The standard InChI is InChI=1S/C32H18N3O3.C14H11N2.Ir/c1-34-28-21(33-32(34)20-10-6-9-19-18-8-2-4-12-24(18)37-30(19)20)16-17-23-31(28)38-27-15-7-14-26-29(27)35(23)22-11-3-5-13-25(22)36-26;1-15-11-16(12-7-3-2-4-8-12)14-10-6-5-9-13(14)15;/h2-9,11-17H,1H3;2-7,9-10H,1H3;/q2*-1;+3. The van der Waals surface area contributed by atoms with Gasteiger partial charge < -0.3 is 27.6 Å². The molecule has 2 aliphatic heterocycles. The van der Waals surface area contributed by atoms with Crippen LogP contribution in [0.2, 0.25) is 0 Å². The van der Waals surface area contributed by atoms with E-state index in [2.05, 4.69) is 58.3 Å². The Labute approximate surface area is 329 Å². The van der Waals surface area contributed by atoms with Gasteiger partial charge in [0.25, 0.3) is 0 Å². The van der Waals surface area contributed by atoms with Crippen LogP contribution in [-0.4, -0.2) is 14.1 Å². The molecule has 2 aliphatic rings. The second kappa shape index (κ2) is 12.7. The van der Waals surface area contributed by atoms with Crippen molar-refractivity contribution in [1.82, 2.24) is 14.1 Å². The number of imidazole rings is 2. The predicted molar refractivity (Wildman–Crippen MR) is 209 cm³/mol. The Morgan fingerprint density at radius 1 is 0.673 bits per heavy atom. The summed E-state index contributed by atoms with van der Waals surface area (Å²) in [5.41, 5.74) is 10.3. The van der Waals surface area contributed by atoms with Crippen LogP contribution >= 0.6 is 0 Å². The molecule has 10 aromatic rings. The van der Waals surface area contributed by atoms with Gasteiger partial charge in [-0.2, -0.15) is 30.3 Å². The summed E-state index contributed by atoms with van der Waals surface area (Å²) >= 11 is 0. The van der Waals surface area contributed by atoms with E-state index in [0.29, 0.717) is 0 Å². The summed E-state index contributed by atoms with van der Waals surface area (Å²) < 4.78 is 25.2. The van der Waals surface area contributed by atoms with E-state index in [-0.39, 0.29) is 20.1 Å². The molecule has 8 nitrogen and oxygen atoms in total. The summed E-state index contributed by atoms with van der Waals surface area (Å²) in [6.45, 7) is 0. The van der Waals surface area contributed by atoms with Crippen LogP contribution in [0, 0.1) is 18.5 Å². The largest absolute Gasteiger partial charge is 3.00 e. The number of anilines is 3. The van der Waals surface area contributed by atoms with E-state index in [1.165, 1.54) is 5.52 Å². The number of aryl methyl sites for hydroxylation is 2. The molecule has 0 amide bonds. The van der Waals surface area contributed by atoms with Crippen molar-refractivity contribution in [3.8, 4) is 40.1 Å². The Bertz CT molecular complexity index is 3110. The van der Waals surface area contributed by atoms with Crippen LogP contribution in [0.1, 0.15) is 0 Å². The maximum absolute atomic E-state index is 6.60. The Morgan fingerprint density at radius 2 is 1.45 bits per heavy atom. The van der Waals surface area contributed by atoms with Crippen LogP contribution in [0.3, 0.4) is 0 Å². The van der Waals surface area contributed by atoms with E-state index in [1.807, 2.05) is 132 Å². The SMILES string of the molecule is C[n+]1[c-]n(-c2[c-]cccc2)c2ccccc21.Cn1c(-c2[c-]ccc3c2oc2ccccc23)nc2ccc3c(c21)Oc1cccc2c1N3c1ccccc1O2.[Ir+3]. The summed E-state index contributed by atoms with van der Waals surface area (Å²) in [7, 11) is 4.02. The molecule has 0 radical (unpaired) electrons. The van der Waals surface area contributed by atoms with Crippen molar-refractivity contribution >= 4 is 61.1 Å². The maximum atomic E-state index is 6.60. The van der Waals surface area contributed by atoms with Gasteiger partial charge in [-0.05, 0) is 42.5 Å². The minimum Gasteiger partial charge on any atom is -0.501 e. The zero-order chi connectivity index (χ0) is 35.9. The van der Waals surface area contributed by atoms with Crippen LogP contribution in [0.15, 0.2) is 144 Å². The third-order valence-corrected chi connectivity index (χ3v) is 10.2. The number of rotatable bonds is 2. The molecule has 55 heavy (non-hydrogen) atoms. The molecule has 12 rings (SSSR count). The molecule has 0 N–H and O–H groups in total. The van der Waals surface area contributed by atoms with Crippen LogP contribution in [0.25, 0.3) is 61.1 Å². The summed E-state index contributed by atoms with van der Waals surface area (Å²) in [5.74, 6) is 3.84. The van der Waals surface area contributed by atoms with Crippen molar-refractivity contribution in [3.05, 3.63) is 158 Å². The van der Waals surface area contributed by atoms with Crippen molar-refractivity contribution in [2.45, 2.75) is 0 Å². The van der Waals surface area contributed by atoms with E-state index < -0.39 is 0 Å². The first-order chi connectivity index (χ1) is 26.6. The van der Waals surface area contributed by atoms with Gasteiger partial charge in [0.05, 0.1) is 46.4 Å². The molecular weight excluding hydrogens is 863 g/mol. The van der Waals surface area contributed by atoms with Gasteiger partial charge >= 0.3 is 20.1 Å². The zero-order valence-electron chi connectivity index (χ0n) is 29.6. The molecule has 0 unspecified atom stereocenters. The number of nitrogens with zero attached hydrogens (tertiary/aromatic N) is 5. The molecule has 9 heteroatoms. The number of benzene rings is 7. The molecule has 264 valence electrons. The van der Waals surface area contributed by atoms with Gasteiger partial charge in [-0.1, -0.05) is 77.3 Å². The van der Waals surface area contributed by atoms with Crippen LogP contribution in [-0.2, 0) is 34.2 Å². The summed E-state index contributed by atoms with van der Waals surface area (Å²) in [4.78, 5) is 7.26. The molecule has 0 aliphatic carbocycles. The Morgan fingerprint density at radius 3 is 2.35 bits per heavy atom. The van der Waals surface area contributed by atoms with E-state index >= 15 is 0 Å². The average molecular weight is 892 g/mol. The molecule has 0 spiro atoms. The summed E-state index contributed by atoms with van der Waals surface area (Å²) in [6, 6.07) is 52.9. The van der Waals surface area contributed by atoms with E-state index in [9.17, 15) is 0 Å². The van der Waals surface area contributed by atoms with Crippen molar-refractivity contribution in [1.29, 1.82) is 0 Å². The fourth-order valence-corrected chi connectivity index (χ4v) is 7.73. The number of furan rings is 1. The first kappa shape index (κ1) is 32.9. The summed E-state index contributed by atoms with van der Waals surface area (Å²) in [5, 5.41) is 2.13. The smallest absolute Gasteiger partial charge is 0.501 e. The van der Waals surface area contributed by atoms with Gasteiger partial charge in [0.2, 0.25) is 6.33 Å². The Hall–Kier alpha value is -6.67. The quantitative estimate of drug-likeness (QED) is 0.128. The number of aromatic nitrogens is 4. The Kier molecular flexibility index (Phi) is 7.62. The normalized spacial score (nSPS) is 12.3. The van der Waals surface area contributed by atoms with Gasteiger partial charge in [-0.25, -0.2) is 0 Å². The van der Waals surface area contributed by atoms with Crippen LogP contribution in [0.5, 0.6) is 23.0 Å². The fraction of sp³-hybridized carbons (Fsp3) is 0.0435. The number of hydrogen-bond acceptors (Lipinski definition) is 5. The third-order valence-electron chi connectivity index (χ3n) is 10.2. The molecule has 0 fully saturated rings. The Balaban J connectivity index is 0.000000184. The van der Waals surface area contributed by atoms with E-state index in [4.69, 9.17) is 18.9 Å². The van der Waals surface area contributed by atoms with E-state index in [0.717, 1.165) is 95.6 Å². The molecule has 7 aromatic carbocycles. The number of fused-ring (bicyclic) bond motifs is 10. The molecule has 0 saturated carbocycles. The number of para-hydroxylation sites is 7. The fourth-order valence-electron chi connectivity index (χ4n) is 7.73. The van der Waals surface area contributed by atoms with Gasteiger partial charge in [-0.3, -0.25) is 9.88 Å². The summed E-state index contributed by atoms with van der Waals surface area (Å²) in [6.07, 6.45) is 3.27. The molecule has 0 atom stereocenters. The topological polar surface area (TPSA) is 61.5 Å². The average Bonchev–Trinajstić information content (AvgIpc) is 3.89. The van der Waals surface area contributed by atoms with Gasteiger partial charge in [0.1, 0.15) is 16.8 Å². The minimum atomic E-state index is 0. The third kappa shape index (κ3) is 5.01. The van der Waals surface area contributed by atoms with Crippen molar-refractivity contribution in [3.63, 3.8) is 0 Å². The predicted octanol–water partition coefficient (Wildman–Crippen LogP) is 10.7. The van der Waals surface area contributed by atoms with Crippen LogP contribution < -0.4 is 18.9 Å². The molecule has 0 saturated heterocycles. The van der Waals surface area contributed by atoms with Crippen molar-refractivity contribution in [2.75, 3.05) is 4.90 Å². The van der Waals surface area contributed by atoms with E-state index in [1.54, 1.807) is 0 Å². The molecule has 3 aromatic heterocycles. The first-order valence-corrected chi connectivity index (χ1v) is 17.7. The zero-order valence-corrected chi connectivity index (χ0v) is 32.0. The molecular formula is C46H29IrN5O3+. The minimum absolute atomic E-state index is 0. The first-order valence-electron chi connectivity index (χ1n) is 17.7. The van der Waals surface area contributed by atoms with Crippen LogP contribution in [0.4, 0.5) is 17.1 Å². The number of ether oxygens (including phenoxy) is 2. The van der Waals surface area contributed by atoms with Gasteiger partial charge in [0.15, 0.2) is 23.0 Å². The second-order valence-corrected chi connectivity index (χ2v) is 13.3. The molecule has 0 bridgehead atoms. The maximum Gasteiger partial charge on any atom is 3.00 e. The number of hydrogen-bond donors (Lipinski definition) is 0. The van der Waals surface area contributed by atoms with Gasteiger partial charge in [-0.15, -0.1) is 18.2 Å². The van der Waals surface area contributed by atoms with Crippen molar-refractivity contribution in [2.24, 2.45) is 14.1 Å². The van der Waals surface area contributed by atoms with Crippen molar-refractivity contribution < 1.29 is 38.6 Å².